The van der Waals surface area contributed by atoms with Gasteiger partial charge in [-0.25, -0.2) is 0 Å². The van der Waals surface area contributed by atoms with Crippen LogP contribution < -0.4 is 5.32 Å². The maximum atomic E-state index is 12.5. The van der Waals surface area contributed by atoms with Gasteiger partial charge in [0.1, 0.15) is 0 Å². The summed E-state index contributed by atoms with van der Waals surface area (Å²) in [5.74, 6) is 1.05. The largest absolute Gasteiger partial charge is 0.359 e. The summed E-state index contributed by atoms with van der Waals surface area (Å²) in [7, 11) is 1.81. The number of hydrogen-bond donors (Lipinski definition) is 1. The Balaban J connectivity index is 2.42. The highest BCUT2D eigenvalue weighted by Crippen LogP contribution is 2.43. The van der Waals surface area contributed by atoms with Gasteiger partial charge in [-0.05, 0) is 25.2 Å². The Morgan fingerprint density at radius 1 is 1.00 bits per heavy atom. The summed E-state index contributed by atoms with van der Waals surface area (Å²) in [5, 5.41) is 2.96. The molecule has 0 radical (unpaired) electrons. The average molecular weight is 310 g/mol. The highest BCUT2D eigenvalue weighted by atomic mass is 16.2. The molecule has 1 unspecified atom stereocenters. The Morgan fingerprint density at radius 3 is 2.23 bits per heavy atom. The van der Waals surface area contributed by atoms with Crippen molar-refractivity contribution in [3.63, 3.8) is 0 Å². The number of amides is 1. The molecule has 0 spiro atoms. The van der Waals surface area contributed by atoms with Crippen molar-refractivity contribution in [3.8, 4) is 0 Å². The van der Waals surface area contributed by atoms with Crippen molar-refractivity contribution in [2.75, 3.05) is 7.05 Å². The maximum absolute atomic E-state index is 12.5. The molecule has 1 fully saturated rings. The highest BCUT2D eigenvalue weighted by molar-refractivity contribution is 5.82. The predicted octanol–water partition coefficient (Wildman–Crippen LogP) is 5.85. The van der Waals surface area contributed by atoms with E-state index in [2.05, 4.69) is 19.2 Å². The smallest absolute Gasteiger partial charge is 0.225 e. The lowest BCUT2D eigenvalue weighted by Crippen LogP contribution is -2.42. The van der Waals surface area contributed by atoms with Crippen LogP contribution >= 0.6 is 0 Å². The van der Waals surface area contributed by atoms with Gasteiger partial charge in [0.25, 0.3) is 0 Å². The van der Waals surface area contributed by atoms with E-state index in [1.165, 1.54) is 70.6 Å². The second-order valence-electron chi connectivity index (χ2n) is 7.45. The Kier molecular flexibility index (Phi) is 9.82. The Hall–Kier alpha value is -0.530. The predicted molar refractivity (Wildman–Crippen MR) is 96.0 cm³/mol. The summed E-state index contributed by atoms with van der Waals surface area (Å²) >= 11 is 0. The van der Waals surface area contributed by atoms with Crippen LogP contribution in [0.1, 0.15) is 104 Å². The number of hydrogen-bond acceptors (Lipinski definition) is 1. The van der Waals surface area contributed by atoms with E-state index >= 15 is 0 Å². The first-order valence-electron chi connectivity index (χ1n) is 9.90. The molecule has 1 N–H and O–H groups in total. The Labute approximate surface area is 138 Å². The van der Waals surface area contributed by atoms with Crippen molar-refractivity contribution in [3.05, 3.63) is 0 Å². The number of nitrogens with one attached hydrogen (secondary N) is 1. The van der Waals surface area contributed by atoms with Crippen LogP contribution in [0.15, 0.2) is 0 Å². The van der Waals surface area contributed by atoms with Gasteiger partial charge in [-0.1, -0.05) is 84.5 Å². The minimum Gasteiger partial charge on any atom is -0.359 e. The van der Waals surface area contributed by atoms with Gasteiger partial charge in [0.2, 0.25) is 5.91 Å². The second-order valence-corrected chi connectivity index (χ2v) is 7.45. The summed E-state index contributed by atoms with van der Waals surface area (Å²) in [6.45, 7) is 4.58. The first-order valence-corrected chi connectivity index (χ1v) is 9.90. The zero-order chi connectivity index (χ0) is 16.3. The van der Waals surface area contributed by atoms with Crippen molar-refractivity contribution in [2.45, 2.75) is 104 Å². The van der Waals surface area contributed by atoms with Gasteiger partial charge in [0.15, 0.2) is 0 Å². The number of carbonyl (C=O) groups is 1. The van der Waals surface area contributed by atoms with E-state index in [1.807, 2.05) is 7.05 Å². The molecule has 1 aliphatic rings. The summed E-state index contributed by atoms with van der Waals surface area (Å²) in [6.07, 6.45) is 17.9. The standard InChI is InChI=1S/C20H39NO/c1-4-6-7-8-9-11-14-18(5-2)17-20(19(22)21-3)15-12-10-13-16-20/h18H,4-17H2,1-3H3,(H,21,22). The fourth-order valence-electron chi connectivity index (χ4n) is 4.23. The summed E-state index contributed by atoms with van der Waals surface area (Å²) in [4.78, 5) is 12.5. The van der Waals surface area contributed by atoms with Crippen LogP contribution in [0.3, 0.4) is 0 Å². The van der Waals surface area contributed by atoms with Gasteiger partial charge in [-0.3, -0.25) is 4.79 Å². The monoisotopic (exact) mass is 309 g/mol. The summed E-state index contributed by atoms with van der Waals surface area (Å²) < 4.78 is 0. The number of rotatable bonds is 11. The minimum absolute atomic E-state index is 0.0457. The molecule has 0 aromatic heterocycles. The van der Waals surface area contributed by atoms with Crippen LogP contribution in [0.2, 0.25) is 0 Å². The number of unbranched alkanes of at least 4 members (excludes halogenated alkanes) is 5. The van der Waals surface area contributed by atoms with E-state index in [4.69, 9.17) is 0 Å². The van der Waals surface area contributed by atoms with Crippen molar-refractivity contribution < 1.29 is 4.79 Å². The molecule has 0 aliphatic heterocycles. The van der Waals surface area contributed by atoms with Gasteiger partial charge in [-0.15, -0.1) is 0 Å². The maximum Gasteiger partial charge on any atom is 0.225 e. The van der Waals surface area contributed by atoms with E-state index in [1.54, 1.807) is 0 Å². The molecule has 2 heteroatoms. The van der Waals surface area contributed by atoms with Crippen molar-refractivity contribution in [2.24, 2.45) is 11.3 Å². The van der Waals surface area contributed by atoms with E-state index in [-0.39, 0.29) is 5.41 Å². The van der Waals surface area contributed by atoms with Crippen LogP contribution in [0, 0.1) is 11.3 Å². The van der Waals surface area contributed by atoms with E-state index in [9.17, 15) is 4.79 Å². The van der Waals surface area contributed by atoms with E-state index in [0.29, 0.717) is 5.91 Å². The molecule has 130 valence electrons. The first-order chi connectivity index (χ1) is 10.7. The minimum atomic E-state index is -0.0457. The topological polar surface area (TPSA) is 29.1 Å². The zero-order valence-electron chi connectivity index (χ0n) is 15.4. The second kappa shape index (κ2) is 11.1. The molecule has 2 nitrogen and oxygen atoms in total. The molecule has 1 rings (SSSR count). The third-order valence-corrected chi connectivity index (χ3v) is 5.74. The van der Waals surface area contributed by atoms with E-state index < -0.39 is 0 Å². The van der Waals surface area contributed by atoms with Crippen LogP contribution in [0.5, 0.6) is 0 Å². The highest BCUT2D eigenvalue weighted by Gasteiger charge is 2.40. The number of carbonyl (C=O) groups excluding carboxylic acids is 1. The average Bonchev–Trinajstić information content (AvgIpc) is 2.56. The summed E-state index contributed by atoms with van der Waals surface area (Å²) in [5.41, 5.74) is -0.0457. The molecule has 0 aromatic carbocycles. The van der Waals surface area contributed by atoms with Gasteiger partial charge in [0.05, 0.1) is 0 Å². The third-order valence-electron chi connectivity index (χ3n) is 5.74. The Morgan fingerprint density at radius 2 is 1.64 bits per heavy atom. The lowest BCUT2D eigenvalue weighted by atomic mass is 9.67. The third kappa shape index (κ3) is 6.30. The first kappa shape index (κ1) is 19.5. The molecule has 1 saturated carbocycles. The fourth-order valence-corrected chi connectivity index (χ4v) is 4.23. The van der Waals surface area contributed by atoms with Gasteiger partial charge >= 0.3 is 0 Å². The lowest BCUT2D eigenvalue weighted by molar-refractivity contribution is -0.133. The molecular formula is C20H39NO. The molecule has 22 heavy (non-hydrogen) atoms. The molecule has 0 saturated heterocycles. The Bertz CT molecular complexity index is 294. The van der Waals surface area contributed by atoms with Gasteiger partial charge in [-0.2, -0.15) is 0 Å². The SMILES string of the molecule is CCCCCCCCC(CC)CC1(C(=O)NC)CCCCC1. The molecule has 1 atom stereocenters. The van der Waals surface area contributed by atoms with Crippen LogP contribution in [-0.4, -0.2) is 13.0 Å². The molecule has 0 heterocycles. The normalized spacial score (nSPS) is 18.9. The summed E-state index contributed by atoms with van der Waals surface area (Å²) in [6, 6.07) is 0. The zero-order valence-corrected chi connectivity index (χ0v) is 15.4. The molecule has 1 amide bonds. The molecular weight excluding hydrogens is 270 g/mol. The van der Waals surface area contributed by atoms with Gasteiger partial charge in [0, 0.05) is 12.5 Å². The van der Waals surface area contributed by atoms with Gasteiger partial charge < -0.3 is 5.32 Å². The molecule has 0 aromatic rings. The van der Waals surface area contributed by atoms with Crippen molar-refractivity contribution >= 4 is 5.91 Å². The van der Waals surface area contributed by atoms with Crippen LogP contribution in [-0.2, 0) is 4.79 Å². The molecule has 1 aliphatic carbocycles. The fraction of sp³-hybridized carbons (Fsp3) is 0.950. The molecule has 0 bridgehead atoms. The van der Waals surface area contributed by atoms with Crippen molar-refractivity contribution in [1.82, 2.24) is 5.32 Å². The quantitative estimate of drug-likeness (QED) is 0.476. The van der Waals surface area contributed by atoms with Crippen LogP contribution in [0.25, 0.3) is 0 Å². The lowest BCUT2D eigenvalue weighted by Gasteiger charge is -2.38. The van der Waals surface area contributed by atoms with E-state index in [0.717, 1.165) is 25.2 Å². The van der Waals surface area contributed by atoms with Crippen molar-refractivity contribution in [1.29, 1.82) is 0 Å². The van der Waals surface area contributed by atoms with Crippen LogP contribution in [0.4, 0.5) is 0 Å².